The number of hydrogen-bond acceptors (Lipinski definition) is 4. The lowest BCUT2D eigenvalue weighted by Gasteiger charge is -2.47. The van der Waals surface area contributed by atoms with Crippen LogP contribution in [-0.4, -0.2) is 57.8 Å². The maximum Gasteiger partial charge on any atom is 0.246 e. The lowest BCUT2D eigenvalue weighted by atomic mass is 9.90. The van der Waals surface area contributed by atoms with Crippen molar-refractivity contribution >= 4 is 11.8 Å². The minimum Gasteiger partial charge on any atom is -0.366 e. The summed E-state index contributed by atoms with van der Waals surface area (Å²) in [6.07, 6.45) is 8.07. The summed E-state index contributed by atoms with van der Waals surface area (Å²) in [6, 6.07) is 0.334. The van der Waals surface area contributed by atoms with Crippen LogP contribution in [-0.2, 0) is 14.3 Å². The van der Waals surface area contributed by atoms with Crippen molar-refractivity contribution in [2.45, 2.75) is 56.8 Å². The van der Waals surface area contributed by atoms with E-state index in [9.17, 15) is 9.59 Å². The van der Waals surface area contributed by atoms with Gasteiger partial charge in [-0.3, -0.25) is 14.3 Å². The highest BCUT2D eigenvalue weighted by molar-refractivity contribution is 5.88. The quantitative estimate of drug-likeness (QED) is 0.770. The number of ether oxygens (including phenoxy) is 1. The molecule has 0 aromatic carbocycles. The number of hydrogen-bond donors (Lipinski definition) is 1. The Hall–Kier alpha value is -2.15. The Morgan fingerprint density at radius 1 is 1.48 bits per heavy atom. The first-order valence-corrected chi connectivity index (χ1v) is 9.82. The minimum atomic E-state index is -0.207. The number of nitrogens with zero attached hydrogens (tertiary/aromatic N) is 3. The van der Waals surface area contributed by atoms with Crippen molar-refractivity contribution in [2.24, 2.45) is 5.92 Å². The van der Waals surface area contributed by atoms with Crippen molar-refractivity contribution < 1.29 is 14.3 Å². The Bertz CT molecular complexity index is 750. The summed E-state index contributed by atoms with van der Waals surface area (Å²) in [5.41, 5.74) is 0.947. The molecule has 27 heavy (non-hydrogen) atoms. The van der Waals surface area contributed by atoms with Gasteiger partial charge in [-0.15, -0.1) is 0 Å². The van der Waals surface area contributed by atoms with Crippen molar-refractivity contribution in [3.63, 3.8) is 0 Å². The Morgan fingerprint density at radius 3 is 2.93 bits per heavy atom. The maximum absolute atomic E-state index is 12.5. The molecule has 1 aromatic heterocycles. The van der Waals surface area contributed by atoms with Crippen LogP contribution in [0.1, 0.15) is 50.6 Å². The molecule has 0 radical (unpaired) electrons. The third kappa shape index (κ3) is 3.52. The third-order valence-electron chi connectivity index (χ3n) is 5.99. The summed E-state index contributed by atoms with van der Waals surface area (Å²) in [5.74, 6) is 0.411. The van der Waals surface area contributed by atoms with E-state index in [-0.39, 0.29) is 29.4 Å². The molecule has 2 saturated heterocycles. The Kier molecular flexibility index (Phi) is 4.58. The first kappa shape index (κ1) is 18.2. The first-order chi connectivity index (χ1) is 12.9. The number of aromatic nitrogens is 2. The molecule has 7 heteroatoms. The van der Waals surface area contributed by atoms with Crippen molar-refractivity contribution in [1.29, 1.82) is 0 Å². The predicted molar refractivity (Wildman–Crippen MR) is 100 cm³/mol. The van der Waals surface area contributed by atoms with E-state index in [1.165, 1.54) is 6.08 Å². The van der Waals surface area contributed by atoms with Gasteiger partial charge in [-0.2, -0.15) is 5.10 Å². The smallest absolute Gasteiger partial charge is 0.246 e. The molecule has 4 rings (SSSR count). The molecule has 2 aliphatic heterocycles. The fourth-order valence-corrected chi connectivity index (χ4v) is 4.23. The fourth-order valence-electron chi connectivity index (χ4n) is 4.23. The van der Waals surface area contributed by atoms with E-state index in [0.29, 0.717) is 31.6 Å². The third-order valence-corrected chi connectivity index (χ3v) is 5.99. The highest BCUT2D eigenvalue weighted by atomic mass is 16.5. The van der Waals surface area contributed by atoms with Gasteiger partial charge in [0.15, 0.2) is 0 Å². The molecule has 1 aromatic rings. The van der Waals surface area contributed by atoms with Gasteiger partial charge >= 0.3 is 0 Å². The SMILES string of the molecule is C=CC(=O)N1CC2(CCC(CNC(=O)C3CC3c3cnn(C(C)C)c3)O2)C1. The molecule has 0 bridgehead atoms. The highest BCUT2D eigenvalue weighted by Crippen LogP contribution is 2.47. The minimum absolute atomic E-state index is 0.0378. The molecule has 3 fully saturated rings. The van der Waals surface area contributed by atoms with Gasteiger partial charge in [-0.05, 0) is 50.7 Å². The normalized spacial score (nSPS) is 28.3. The fraction of sp³-hybridized carbons (Fsp3) is 0.650. The van der Waals surface area contributed by atoms with Crippen LogP contribution >= 0.6 is 0 Å². The molecular weight excluding hydrogens is 344 g/mol. The Morgan fingerprint density at radius 2 is 2.26 bits per heavy atom. The molecule has 2 amide bonds. The van der Waals surface area contributed by atoms with Crippen molar-refractivity contribution in [1.82, 2.24) is 20.0 Å². The van der Waals surface area contributed by atoms with Gasteiger partial charge in [-0.25, -0.2) is 0 Å². The zero-order valence-electron chi connectivity index (χ0n) is 16.1. The molecule has 3 heterocycles. The second-order valence-corrected chi connectivity index (χ2v) is 8.40. The predicted octanol–water partition coefficient (Wildman–Crippen LogP) is 1.63. The van der Waals surface area contributed by atoms with Crippen molar-refractivity contribution in [3.8, 4) is 0 Å². The molecule has 1 N–H and O–H groups in total. The second-order valence-electron chi connectivity index (χ2n) is 8.40. The summed E-state index contributed by atoms with van der Waals surface area (Å²) in [5, 5.41) is 7.43. The molecular formula is C20H28N4O3. The number of amides is 2. The summed E-state index contributed by atoms with van der Waals surface area (Å²) >= 11 is 0. The lowest BCUT2D eigenvalue weighted by molar-refractivity contribution is -0.160. The highest BCUT2D eigenvalue weighted by Gasteiger charge is 2.51. The first-order valence-electron chi connectivity index (χ1n) is 9.82. The maximum atomic E-state index is 12.5. The monoisotopic (exact) mass is 372 g/mol. The largest absolute Gasteiger partial charge is 0.366 e. The van der Waals surface area contributed by atoms with Gasteiger partial charge in [0.25, 0.3) is 0 Å². The van der Waals surface area contributed by atoms with Crippen LogP contribution < -0.4 is 5.32 Å². The number of likely N-dealkylation sites (tertiary alicyclic amines) is 1. The van der Waals surface area contributed by atoms with Crippen molar-refractivity contribution in [2.75, 3.05) is 19.6 Å². The number of carbonyl (C=O) groups excluding carboxylic acids is 2. The number of rotatable bonds is 6. The van der Waals surface area contributed by atoms with Gasteiger partial charge in [0.1, 0.15) is 5.60 Å². The van der Waals surface area contributed by atoms with E-state index in [1.807, 2.05) is 10.9 Å². The van der Waals surface area contributed by atoms with E-state index >= 15 is 0 Å². The molecule has 1 aliphatic carbocycles. The second kappa shape index (κ2) is 6.78. The molecule has 1 spiro atoms. The van der Waals surface area contributed by atoms with E-state index in [1.54, 1.807) is 4.90 Å². The zero-order valence-corrected chi connectivity index (χ0v) is 16.1. The molecule has 1 saturated carbocycles. The van der Waals surface area contributed by atoms with Crippen LogP contribution in [0.4, 0.5) is 0 Å². The average molecular weight is 372 g/mol. The Labute approximate surface area is 159 Å². The zero-order chi connectivity index (χ0) is 19.2. The van der Waals surface area contributed by atoms with E-state index in [0.717, 1.165) is 24.8 Å². The van der Waals surface area contributed by atoms with Crippen LogP contribution in [0.3, 0.4) is 0 Å². The molecule has 3 aliphatic rings. The van der Waals surface area contributed by atoms with Gasteiger partial charge < -0.3 is 15.0 Å². The van der Waals surface area contributed by atoms with Gasteiger partial charge in [0.2, 0.25) is 11.8 Å². The topological polar surface area (TPSA) is 76.5 Å². The Balaban J connectivity index is 1.21. The van der Waals surface area contributed by atoms with E-state index < -0.39 is 0 Å². The van der Waals surface area contributed by atoms with Crippen LogP contribution in [0.2, 0.25) is 0 Å². The summed E-state index contributed by atoms with van der Waals surface area (Å²) in [7, 11) is 0. The molecule has 3 atom stereocenters. The molecule has 7 nitrogen and oxygen atoms in total. The molecule has 146 valence electrons. The van der Waals surface area contributed by atoms with Gasteiger partial charge in [0.05, 0.1) is 25.4 Å². The number of nitrogens with one attached hydrogen (secondary N) is 1. The summed E-state index contributed by atoms with van der Waals surface area (Å²) in [6.45, 7) is 9.52. The summed E-state index contributed by atoms with van der Waals surface area (Å²) in [4.78, 5) is 25.8. The standard InChI is InChI=1S/C20H28N4O3/c1-4-18(25)23-11-20(12-23)6-5-15(27-20)9-21-19(26)17-7-16(17)14-8-22-24(10-14)13(2)3/h4,8,10,13,15-17H,1,5-7,9,11-12H2,2-3H3,(H,21,26). The van der Waals surface area contributed by atoms with E-state index in [2.05, 4.69) is 37.0 Å². The van der Waals surface area contributed by atoms with Crippen LogP contribution in [0, 0.1) is 5.92 Å². The van der Waals surface area contributed by atoms with Crippen molar-refractivity contribution in [3.05, 3.63) is 30.6 Å². The lowest BCUT2D eigenvalue weighted by Crippen LogP contribution is -2.63. The van der Waals surface area contributed by atoms with Gasteiger partial charge in [-0.1, -0.05) is 6.58 Å². The summed E-state index contributed by atoms with van der Waals surface area (Å²) < 4.78 is 8.08. The average Bonchev–Trinajstić information content (AvgIpc) is 3.07. The van der Waals surface area contributed by atoms with Crippen LogP contribution in [0.15, 0.2) is 25.0 Å². The van der Waals surface area contributed by atoms with E-state index in [4.69, 9.17) is 4.74 Å². The van der Waals surface area contributed by atoms with Crippen LogP contribution in [0.5, 0.6) is 0 Å². The number of carbonyl (C=O) groups is 2. The van der Waals surface area contributed by atoms with Crippen LogP contribution in [0.25, 0.3) is 0 Å². The molecule has 3 unspecified atom stereocenters. The van der Waals surface area contributed by atoms with Gasteiger partial charge in [0, 0.05) is 24.7 Å².